The van der Waals surface area contributed by atoms with Crippen LogP contribution in [0.1, 0.15) is 27.2 Å². The smallest absolute Gasteiger partial charge is 0.0753 e. The number of hydrogen-bond acceptors (Lipinski definition) is 4. The van der Waals surface area contributed by atoms with Crippen molar-refractivity contribution in [1.82, 2.24) is 10.2 Å². The lowest BCUT2D eigenvalue weighted by molar-refractivity contribution is -0.0894. The molecule has 2 aliphatic rings. The van der Waals surface area contributed by atoms with Gasteiger partial charge in [0, 0.05) is 31.6 Å². The Bertz CT molecular complexity index is 258. The average Bonchev–Trinajstić information content (AvgIpc) is 2.72. The molecule has 0 aromatic rings. The minimum absolute atomic E-state index is 0.00402. The summed E-state index contributed by atoms with van der Waals surface area (Å²) in [5, 5.41) is 3.61. The molecule has 2 atom stereocenters. The van der Waals surface area contributed by atoms with Crippen LogP contribution in [0, 0.1) is 5.92 Å². The van der Waals surface area contributed by atoms with Crippen LogP contribution in [-0.2, 0) is 9.47 Å². The van der Waals surface area contributed by atoms with Gasteiger partial charge in [0.15, 0.2) is 0 Å². The molecule has 4 heteroatoms. The molecule has 0 amide bonds. The van der Waals surface area contributed by atoms with Crippen LogP contribution < -0.4 is 5.32 Å². The van der Waals surface area contributed by atoms with E-state index in [9.17, 15) is 0 Å². The van der Waals surface area contributed by atoms with Crippen LogP contribution in [-0.4, -0.2) is 62.5 Å². The van der Waals surface area contributed by atoms with Crippen LogP contribution in [0.2, 0.25) is 0 Å². The molecular weight excluding hydrogens is 228 g/mol. The van der Waals surface area contributed by atoms with Gasteiger partial charge in [-0.05, 0) is 26.8 Å². The monoisotopic (exact) mass is 256 g/mol. The van der Waals surface area contributed by atoms with Crippen molar-refractivity contribution >= 4 is 0 Å². The van der Waals surface area contributed by atoms with Gasteiger partial charge >= 0.3 is 0 Å². The molecule has 0 aromatic carbocycles. The van der Waals surface area contributed by atoms with Crippen molar-refractivity contribution in [2.45, 2.75) is 38.8 Å². The predicted molar refractivity (Wildman–Crippen MR) is 72.9 cm³/mol. The Morgan fingerprint density at radius 1 is 1.33 bits per heavy atom. The molecule has 1 N–H and O–H groups in total. The molecule has 0 saturated carbocycles. The van der Waals surface area contributed by atoms with E-state index < -0.39 is 0 Å². The van der Waals surface area contributed by atoms with Gasteiger partial charge in [0.1, 0.15) is 0 Å². The Hall–Kier alpha value is -0.160. The van der Waals surface area contributed by atoms with E-state index in [2.05, 4.69) is 31.0 Å². The van der Waals surface area contributed by atoms with Gasteiger partial charge in [-0.1, -0.05) is 6.92 Å². The lowest BCUT2D eigenvalue weighted by atomic mass is 10.0. The molecule has 4 nitrogen and oxygen atoms in total. The summed E-state index contributed by atoms with van der Waals surface area (Å²) in [6.45, 7) is 13.5. The highest BCUT2D eigenvalue weighted by molar-refractivity contribution is 4.86. The first-order valence-corrected chi connectivity index (χ1v) is 7.28. The summed E-state index contributed by atoms with van der Waals surface area (Å²) in [6.07, 6.45) is 1.19. The van der Waals surface area contributed by atoms with E-state index in [4.69, 9.17) is 9.47 Å². The second-order valence-corrected chi connectivity index (χ2v) is 6.20. The SMILES string of the molecule is CCCNC1COCC1CN1CCOC(C)(C)C1. The Kier molecular flexibility index (Phi) is 5.01. The van der Waals surface area contributed by atoms with Crippen molar-refractivity contribution in [2.24, 2.45) is 5.92 Å². The third-order valence-corrected chi connectivity index (χ3v) is 3.85. The molecule has 0 aliphatic carbocycles. The first-order valence-electron chi connectivity index (χ1n) is 7.28. The topological polar surface area (TPSA) is 33.7 Å². The second-order valence-electron chi connectivity index (χ2n) is 6.20. The zero-order valence-electron chi connectivity index (χ0n) is 12.1. The fourth-order valence-electron chi connectivity index (χ4n) is 2.94. The molecule has 0 radical (unpaired) electrons. The Morgan fingerprint density at radius 2 is 2.17 bits per heavy atom. The minimum Gasteiger partial charge on any atom is -0.379 e. The Morgan fingerprint density at radius 3 is 2.89 bits per heavy atom. The lowest BCUT2D eigenvalue weighted by Crippen LogP contribution is -2.51. The zero-order valence-corrected chi connectivity index (χ0v) is 12.1. The third kappa shape index (κ3) is 3.92. The number of hydrogen-bond donors (Lipinski definition) is 1. The zero-order chi connectivity index (χ0) is 13.0. The summed E-state index contributed by atoms with van der Waals surface area (Å²) in [7, 11) is 0. The number of nitrogens with zero attached hydrogens (tertiary/aromatic N) is 1. The van der Waals surface area contributed by atoms with Crippen molar-refractivity contribution < 1.29 is 9.47 Å². The number of rotatable bonds is 5. The van der Waals surface area contributed by atoms with Gasteiger partial charge < -0.3 is 14.8 Å². The molecule has 0 aromatic heterocycles. The average molecular weight is 256 g/mol. The molecule has 106 valence electrons. The first kappa shape index (κ1) is 14.3. The molecule has 0 bridgehead atoms. The van der Waals surface area contributed by atoms with Gasteiger partial charge in [-0.3, -0.25) is 4.90 Å². The van der Waals surface area contributed by atoms with Crippen LogP contribution in [0.15, 0.2) is 0 Å². The highest BCUT2D eigenvalue weighted by atomic mass is 16.5. The van der Waals surface area contributed by atoms with Crippen LogP contribution in [0.25, 0.3) is 0 Å². The first-order chi connectivity index (χ1) is 8.61. The van der Waals surface area contributed by atoms with Crippen LogP contribution in [0.3, 0.4) is 0 Å². The van der Waals surface area contributed by atoms with E-state index in [1.165, 1.54) is 6.42 Å². The van der Waals surface area contributed by atoms with Gasteiger partial charge in [0.05, 0.1) is 25.4 Å². The molecule has 2 heterocycles. The molecule has 2 saturated heterocycles. The van der Waals surface area contributed by atoms with Gasteiger partial charge in [-0.25, -0.2) is 0 Å². The second kappa shape index (κ2) is 6.33. The highest BCUT2D eigenvalue weighted by Crippen LogP contribution is 2.21. The van der Waals surface area contributed by atoms with Crippen molar-refractivity contribution in [2.75, 3.05) is 46.0 Å². The summed E-state index contributed by atoms with van der Waals surface area (Å²) in [5.41, 5.74) is 0.00402. The van der Waals surface area contributed by atoms with Gasteiger partial charge in [0.2, 0.25) is 0 Å². The van der Waals surface area contributed by atoms with Crippen molar-refractivity contribution in [3.05, 3.63) is 0 Å². The van der Waals surface area contributed by atoms with Crippen LogP contribution in [0.5, 0.6) is 0 Å². The van der Waals surface area contributed by atoms with Crippen LogP contribution >= 0.6 is 0 Å². The van der Waals surface area contributed by atoms with E-state index in [1.54, 1.807) is 0 Å². The van der Waals surface area contributed by atoms with Gasteiger partial charge in [0.25, 0.3) is 0 Å². The van der Waals surface area contributed by atoms with Crippen molar-refractivity contribution in [1.29, 1.82) is 0 Å². The maximum atomic E-state index is 5.76. The maximum Gasteiger partial charge on any atom is 0.0753 e. The van der Waals surface area contributed by atoms with Crippen molar-refractivity contribution in [3.8, 4) is 0 Å². The Labute approximate surface area is 111 Å². The van der Waals surface area contributed by atoms with Crippen molar-refractivity contribution in [3.63, 3.8) is 0 Å². The summed E-state index contributed by atoms with van der Waals surface area (Å²) in [5.74, 6) is 0.630. The number of nitrogens with one attached hydrogen (secondary N) is 1. The van der Waals surface area contributed by atoms with Gasteiger partial charge in [-0.15, -0.1) is 0 Å². The van der Waals surface area contributed by atoms with Crippen LogP contribution in [0.4, 0.5) is 0 Å². The maximum absolute atomic E-state index is 5.76. The van der Waals surface area contributed by atoms with E-state index in [1.807, 2.05) is 0 Å². The lowest BCUT2D eigenvalue weighted by Gasteiger charge is -2.39. The minimum atomic E-state index is 0.00402. The molecular formula is C14H28N2O2. The highest BCUT2D eigenvalue weighted by Gasteiger charge is 2.33. The molecule has 2 fully saturated rings. The molecule has 0 spiro atoms. The van der Waals surface area contributed by atoms with E-state index in [0.717, 1.165) is 46.0 Å². The molecule has 2 unspecified atom stereocenters. The summed E-state index contributed by atoms with van der Waals surface area (Å²) in [6, 6.07) is 0.538. The molecule has 2 rings (SSSR count). The molecule has 2 aliphatic heterocycles. The largest absolute Gasteiger partial charge is 0.379 e. The van der Waals surface area contributed by atoms with E-state index in [0.29, 0.717) is 12.0 Å². The normalized spacial score (nSPS) is 32.8. The third-order valence-electron chi connectivity index (χ3n) is 3.85. The summed E-state index contributed by atoms with van der Waals surface area (Å²) >= 11 is 0. The fraction of sp³-hybridized carbons (Fsp3) is 1.00. The summed E-state index contributed by atoms with van der Waals surface area (Å²) in [4.78, 5) is 2.53. The predicted octanol–water partition coefficient (Wildman–Crippen LogP) is 1.11. The number of ether oxygens (including phenoxy) is 2. The Balaban J connectivity index is 1.80. The van der Waals surface area contributed by atoms with E-state index >= 15 is 0 Å². The number of morpholine rings is 1. The fourth-order valence-corrected chi connectivity index (χ4v) is 2.94. The molecule has 18 heavy (non-hydrogen) atoms. The quantitative estimate of drug-likeness (QED) is 0.799. The van der Waals surface area contributed by atoms with Gasteiger partial charge in [-0.2, -0.15) is 0 Å². The standard InChI is InChI=1S/C14H28N2O2/c1-4-5-15-13-10-17-9-12(13)8-16-6-7-18-14(2,3)11-16/h12-13,15H,4-11H2,1-3H3. The summed E-state index contributed by atoms with van der Waals surface area (Å²) < 4.78 is 11.4. The van der Waals surface area contributed by atoms with E-state index in [-0.39, 0.29) is 5.60 Å².